The molecular weight excluding hydrogens is 252 g/mol. The lowest BCUT2D eigenvalue weighted by atomic mass is 10.1. The van der Waals surface area contributed by atoms with Gasteiger partial charge in [0.15, 0.2) is 0 Å². The smallest absolute Gasteiger partial charge is 0.219 e. The summed E-state index contributed by atoms with van der Waals surface area (Å²) in [6.45, 7) is 4.41. The summed E-state index contributed by atoms with van der Waals surface area (Å²) in [5.74, 6) is 1.44. The van der Waals surface area contributed by atoms with Gasteiger partial charge in [0, 0.05) is 12.2 Å². The van der Waals surface area contributed by atoms with E-state index in [0.717, 1.165) is 22.4 Å². The number of rotatable bonds is 5. The molecule has 2 rings (SSSR count). The highest BCUT2D eigenvalue weighted by Crippen LogP contribution is 2.24. The molecule has 0 bridgehead atoms. The third-order valence-corrected chi connectivity index (χ3v) is 3.15. The maximum Gasteiger partial charge on any atom is 0.219 e. The Bertz CT molecular complexity index is 582. The molecule has 0 aliphatic carbocycles. The van der Waals surface area contributed by atoms with Crippen molar-refractivity contribution >= 4 is 0 Å². The fourth-order valence-corrected chi connectivity index (χ4v) is 1.99. The molecule has 0 aliphatic heterocycles. The maximum absolute atomic E-state index is 5.87. The molecule has 0 fully saturated rings. The third-order valence-electron chi connectivity index (χ3n) is 3.15. The first kappa shape index (κ1) is 14.3. The molecule has 0 amide bonds. The average Bonchev–Trinajstić information content (AvgIpc) is 2.46. The van der Waals surface area contributed by atoms with E-state index < -0.39 is 0 Å². The zero-order chi connectivity index (χ0) is 14.5. The van der Waals surface area contributed by atoms with E-state index >= 15 is 0 Å². The van der Waals surface area contributed by atoms with Crippen LogP contribution >= 0.6 is 0 Å². The molecule has 1 aromatic carbocycles. The zero-order valence-corrected chi connectivity index (χ0v) is 12.1. The van der Waals surface area contributed by atoms with E-state index in [1.54, 1.807) is 13.3 Å². The van der Waals surface area contributed by atoms with Crippen LogP contribution in [0.2, 0.25) is 0 Å². The summed E-state index contributed by atoms with van der Waals surface area (Å²) in [7, 11) is 1.61. The number of hydrogen-bond donors (Lipinski definition) is 1. The first-order valence-corrected chi connectivity index (χ1v) is 6.58. The van der Waals surface area contributed by atoms with E-state index in [4.69, 9.17) is 15.2 Å². The predicted molar refractivity (Wildman–Crippen MR) is 78.9 cm³/mol. The standard InChI is InChI=1S/C16H20N2O2/c1-11-9-13(12(2)17)6-7-15(11)20-10-14-5-4-8-18-16(14)19-3/h4-9,12H,10,17H2,1-3H3. The monoisotopic (exact) mass is 272 g/mol. The van der Waals surface area contributed by atoms with Gasteiger partial charge in [0.1, 0.15) is 12.4 Å². The van der Waals surface area contributed by atoms with Gasteiger partial charge < -0.3 is 15.2 Å². The van der Waals surface area contributed by atoms with E-state index in [1.807, 2.05) is 38.1 Å². The number of aryl methyl sites for hydroxylation is 1. The molecule has 1 atom stereocenters. The van der Waals surface area contributed by atoms with Crippen LogP contribution in [0.15, 0.2) is 36.5 Å². The summed E-state index contributed by atoms with van der Waals surface area (Å²) in [4.78, 5) is 4.15. The number of pyridine rings is 1. The molecule has 4 nitrogen and oxygen atoms in total. The van der Waals surface area contributed by atoms with Crippen LogP contribution in [0.25, 0.3) is 0 Å². The highest BCUT2D eigenvalue weighted by atomic mass is 16.5. The number of aromatic nitrogens is 1. The normalized spacial score (nSPS) is 12.0. The summed E-state index contributed by atoms with van der Waals surface area (Å²) >= 11 is 0. The van der Waals surface area contributed by atoms with Crippen LogP contribution in [0.3, 0.4) is 0 Å². The molecular formula is C16H20N2O2. The van der Waals surface area contributed by atoms with Gasteiger partial charge in [-0.3, -0.25) is 0 Å². The Kier molecular flexibility index (Phi) is 4.58. The molecule has 1 heterocycles. The summed E-state index contributed by atoms with van der Waals surface area (Å²) in [5.41, 5.74) is 8.97. The lowest BCUT2D eigenvalue weighted by molar-refractivity contribution is 0.292. The van der Waals surface area contributed by atoms with Gasteiger partial charge in [-0.15, -0.1) is 0 Å². The summed E-state index contributed by atoms with van der Waals surface area (Å²) < 4.78 is 11.0. The van der Waals surface area contributed by atoms with Crippen molar-refractivity contribution in [1.82, 2.24) is 4.98 Å². The molecule has 1 unspecified atom stereocenters. The fourth-order valence-electron chi connectivity index (χ4n) is 1.99. The number of ether oxygens (including phenoxy) is 2. The van der Waals surface area contributed by atoms with Crippen LogP contribution in [0, 0.1) is 6.92 Å². The molecule has 2 aromatic rings. The molecule has 106 valence electrons. The first-order chi connectivity index (χ1) is 9.61. The Labute approximate surface area is 119 Å². The second kappa shape index (κ2) is 6.39. The Hall–Kier alpha value is -2.07. The minimum Gasteiger partial charge on any atom is -0.488 e. The van der Waals surface area contributed by atoms with Crippen LogP contribution in [0.5, 0.6) is 11.6 Å². The van der Waals surface area contributed by atoms with Gasteiger partial charge in [-0.05, 0) is 43.2 Å². The first-order valence-electron chi connectivity index (χ1n) is 6.58. The largest absolute Gasteiger partial charge is 0.488 e. The van der Waals surface area contributed by atoms with Gasteiger partial charge in [0.2, 0.25) is 5.88 Å². The molecule has 2 N–H and O–H groups in total. The molecule has 20 heavy (non-hydrogen) atoms. The molecule has 0 saturated heterocycles. The summed E-state index contributed by atoms with van der Waals surface area (Å²) in [6.07, 6.45) is 1.70. The second-order valence-corrected chi connectivity index (χ2v) is 4.77. The van der Waals surface area contributed by atoms with Gasteiger partial charge in [-0.2, -0.15) is 0 Å². The van der Waals surface area contributed by atoms with Crippen LogP contribution in [0.1, 0.15) is 29.7 Å². The fraction of sp³-hybridized carbons (Fsp3) is 0.312. The quantitative estimate of drug-likeness (QED) is 0.909. The Morgan fingerprint density at radius 3 is 2.75 bits per heavy atom. The molecule has 0 radical (unpaired) electrons. The van der Waals surface area contributed by atoms with Crippen molar-refractivity contribution in [3.63, 3.8) is 0 Å². The van der Waals surface area contributed by atoms with Crippen molar-refractivity contribution in [2.75, 3.05) is 7.11 Å². The molecule has 4 heteroatoms. The molecule has 0 spiro atoms. The van der Waals surface area contributed by atoms with Crippen molar-refractivity contribution in [3.05, 3.63) is 53.2 Å². The van der Waals surface area contributed by atoms with Gasteiger partial charge >= 0.3 is 0 Å². The molecule has 0 aliphatic rings. The van der Waals surface area contributed by atoms with E-state index in [9.17, 15) is 0 Å². The minimum absolute atomic E-state index is 0.0289. The Morgan fingerprint density at radius 2 is 2.10 bits per heavy atom. The predicted octanol–water partition coefficient (Wildman–Crippen LogP) is 3.00. The lowest BCUT2D eigenvalue weighted by Gasteiger charge is -2.13. The number of methoxy groups -OCH3 is 1. The number of hydrogen-bond acceptors (Lipinski definition) is 4. The van der Waals surface area contributed by atoms with Gasteiger partial charge in [-0.25, -0.2) is 4.98 Å². The maximum atomic E-state index is 5.87. The Morgan fingerprint density at radius 1 is 1.30 bits per heavy atom. The van der Waals surface area contributed by atoms with E-state index in [0.29, 0.717) is 12.5 Å². The minimum atomic E-state index is 0.0289. The van der Waals surface area contributed by atoms with E-state index in [2.05, 4.69) is 11.1 Å². The van der Waals surface area contributed by atoms with Crippen molar-refractivity contribution in [3.8, 4) is 11.6 Å². The lowest BCUT2D eigenvalue weighted by Crippen LogP contribution is -2.06. The van der Waals surface area contributed by atoms with Crippen LogP contribution < -0.4 is 15.2 Å². The van der Waals surface area contributed by atoms with Crippen LogP contribution in [-0.4, -0.2) is 12.1 Å². The van der Waals surface area contributed by atoms with Gasteiger partial charge in [0.25, 0.3) is 0 Å². The SMILES string of the molecule is COc1ncccc1COc1ccc(C(C)N)cc1C. The second-order valence-electron chi connectivity index (χ2n) is 4.77. The highest BCUT2D eigenvalue weighted by molar-refractivity contribution is 5.37. The number of nitrogens with two attached hydrogens (primary N) is 1. The van der Waals surface area contributed by atoms with Gasteiger partial charge in [0.05, 0.1) is 12.7 Å². The number of benzene rings is 1. The van der Waals surface area contributed by atoms with Crippen LogP contribution in [0.4, 0.5) is 0 Å². The zero-order valence-electron chi connectivity index (χ0n) is 12.1. The number of nitrogens with zero attached hydrogens (tertiary/aromatic N) is 1. The Balaban J connectivity index is 2.11. The molecule has 1 aromatic heterocycles. The summed E-state index contributed by atoms with van der Waals surface area (Å²) in [6, 6.07) is 9.84. The van der Waals surface area contributed by atoms with Gasteiger partial charge in [-0.1, -0.05) is 12.1 Å². The van der Waals surface area contributed by atoms with Crippen molar-refractivity contribution in [1.29, 1.82) is 0 Å². The van der Waals surface area contributed by atoms with E-state index in [1.165, 1.54) is 0 Å². The third kappa shape index (κ3) is 3.27. The van der Waals surface area contributed by atoms with E-state index in [-0.39, 0.29) is 6.04 Å². The topological polar surface area (TPSA) is 57.4 Å². The van der Waals surface area contributed by atoms with Crippen molar-refractivity contribution in [2.45, 2.75) is 26.5 Å². The van der Waals surface area contributed by atoms with Crippen molar-refractivity contribution < 1.29 is 9.47 Å². The molecule has 0 saturated carbocycles. The van der Waals surface area contributed by atoms with Crippen molar-refractivity contribution in [2.24, 2.45) is 5.73 Å². The highest BCUT2D eigenvalue weighted by Gasteiger charge is 2.07. The van der Waals surface area contributed by atoms with Crippen LogP contribution in [-0.2, 0) is 6.61 Å². The average molecular weight is 272 g/mol. The summed E-state index contributed by atoms with van der Waals surface area (Å²) in [5, 5.41) is 0.